The van der Waals surface area contributed by atoms with Crippen LogP contribution in [0.2, 0.25) is 0 Å². The van der Waals surface area contributed by atoms with Gasteiger partial charge in [0.1, 0.15) is 11.8 Å². The van der Waals surface area contributed by atoms with Gasteiger partial charge in [0, 0.05) is 13.1 Å². The van der Waals surface area contributed by atoms with Crippen molar-refractivity contribution in [3.8, 4) is 11.9 Å². The molecule has 0 aromatic carbocycles. The summed E-state index contributed by atoms with van der Waals surface area (Å²) in [4.78, 5) is 0. The molecule has 1 aromatic heterocycles. The number of hydrogen-bond acceptors (Lipinski definition) is 3. The molecule has 0 atom stereocenters. The highest BCUT2D eigenvalue weighted by Crippen LogP contribution is 2.25. The Morgan fingerprint density at radius 1 is 1.62 bits per heavy atom. The van der Waals surface area contributed by atoms with Crippen molar-refractivity contribution in [3.05, 3.63) is 11.8 Å². The Bertz CT molecular complexity index is 346. The van der Waals surface area contributed by atoms with Crippen LogP contribution in [-0.2, 0) is 7.05 Å². The average molecular weight is 179 g/mol. The number of aromatic nitrogens is 1. The van der Waals surface area contributed by atoms with Gasteiger partial charge in [0.05, 0.1) is 11.8 Å². The van der Waals surface area contributed by atoms with Crippen LogP contribution in [0.1, 0.15) is 19.5 Å². The second-order valence-electron chi connectivity index (χ2n) is 3.13. The van der Waals surface area contributed by atoms with Crippen LogP contribution in [0.3, 0.4) is 0 Å². The van der Waals surface area contributed by atoms with E-state index in [1.54, 1.807) is 17.7 Å². The summed E-state index contributed by atoms with van der Waals surface area (Å²) in [5.74, 6) is 0.562. The van der Waals surface area contributed by atoms with E-state index < -0.39 is 0 Å². The summed E-state index contributed by atoms with van der Waals surface area (Å²) in [6, 6.07) is 3.64. The van der Waals surface area contributed by atoms with E-state index in [2.05, 4.69) is 0 Å². The quantitative estimate of drug-likeness (QED) is 0.743. The molecule has 0 radical (unpaired) electrons. The predicted octanol–water partition coefficient (Wildman–Crippen LogP) is 1.27. The molecule has 0 amide bonds. The van der Waals surface area contributed by atoms with Gasteiger partial charge in [0.2, 0.25) is 5.88 Å². The SMILES string of the molecule is CC(C)Oc1c(N)cc(C#N)n1C. The molecule has 0 aliphatic rings. The monoisotopic (exact) mass is 179 g/mol. The van der Waals surface area contributed by atoms with Crippen molar-refractivity contribution in [3.63, 3.8) is 0 Å². The van der Waals surface area contributed by atoms with Crippen molar-refractivity contribution in [1.29, 1.82) is 5.26 Å². The zero-order valence-electron chi connectivity index (χ0n) is 8.03. The number of nitrogen functional groups attached to an aromatic ring is 1. The molecule has 0 saturated heterocycles. The van der Waals surface area contributed by atoms with Crippen LogP contribution in [0.15, 0.2) is 6.07 Å². The fraction of sp³-hybridized carbons (Fsp3) is 0.444. The molecular formula is C9H13N3O. The van der Waals surface area contributed by atoms with Gasteiger partial charge in [0.15, 0.2) is 0 Å². The number of hydrogen-bond donors (Lipinski definition) is 1. The zero-order chi connectivity index (χ0) is 10.0. The second-order valence-corrected chi connectivity index (χ2v) is 3.13. The molecule has 0 spiro atoms. The van der Waals surface area contributed by atoms with Crippen LogP contribution < -0.4 is 10.5 Å². The summed E-state index contributed by atoms with van der Waals surface area (Å²) >= 11 is 0. The van der Waals surface area contributed by atoms with Gasteiger partial charge in [-0.05, 0) is 13.8 Å². The highest BCUT2D eigenvalue weighted by molar-refractivity contribution is 5.54. The first-order valence-electron chi connectivity index (χ1n) is 4.08. The molecule has 0 aliphatic heterocycles. The molecular weight excluding hydrogens is 166 g/mol. The lowest BCUT2D eigenvalue weighted by Crippen LogP contribution is -2.10. The topological polar surface area (TPSA) is 64.0 Å². The van der Waals surface area contributed by atoms with Gasteiger partial charge in [-0.1, -0.05) is 0 Å². The number of rotatable bonds is 2. The lowest BCUT2D eigenvalue weighted by Gasteiger charge is -2.11. The fourth-order valence-electron chi connectivity index (χ4n) is 1.09. The number of ether oxygens (including phenoxy) is 1. The van der Waals surface area contributed by atoms with E-state index in [1.807, 2.05) is 19.9 Å². The summed E-state index contributed by atoms with van der Waals surface area (Å²) in [5, 5.41) is 8.71. The first-order chi connectivity index (χ1) is 6.06. The number of anilines is 1. The molecule has 13 heavy (non-hydrogen) atoms. The molecule has 0 fully saturated rings. The van der Waals surface area contributed by atoms with Crippen LogP contribution in [0.25, 0.3) is 0 Å². The lowest BCUT2D eigenvalue weighted by atomic mass is 10.4. The molecule has 1 aromatic rings. The van der Waals surface area contributed by atoms with Crippen LogP contribution in [-0.4, -0.2) is 10.7 Å². The summed E-state index contributed by atoms with van der Waals surface area (Å²) in [6.45, 7) is 3.83. The third-order valence-corrected chi connectivity index (χ3v) is 1.67. The molecule has 0 unspecified atom stereocenters. The zero-order valence-corrected chi connectivity index (χ0v) is 8.03. The highest BCUT2D eigenvalue weighted by Gasteiger charge is 2.11. The Morgan fingerprint density at radius 2 is 2.23 bits per heavy atom. The van der Waals surface area contributed by atoms with Gasteiger partial charge in [-0.25, -0.2) is 0 Å². The van der Waals surface area contributed by atoms with E-state index in [1.165, 1.54) is 0 Å². The maximum Gasteiger partial charge on any atom is 0.218 e. The predicted molar refractivity (Wildman–Crippen MR) is 50.3 cm³/mol. The lowest BCUT2D eigenvalue weighted by molar-refractivity contribution is 0.226. The molecule has 4 heteroatoms. The van der Waals surface area contributed by atoms with E-state index in [-0.39, 0.29) is 6.10 Å². The molecule has 0 aliphatic carbocycles. The molecule has 0 bridgehead atoms. The summed E-state index contributed by atoms with van der Waals surface area (Å²) in [5.41, 5.74) is 6.68. The van der Waals surface area contributed by atoms with Crippen molar-refractivity contribution < 1.29 is 4.74 Å². The van der Waals surface area contributed by atoms with Crippen LogP contribution in [0, 0.1) is 11.3 Å². The summed E-state index contributed by atoms with van der Waals surface area (Å²) < 4.78 is 7.09. The van der Waals surface area contributed by atoms with Gasteiger partial charge in [0.25, 0.3) is 0 Å². The first kappa shape index (κ1) is 9.46. The Kier molecular flexibility index (Phi) is 2.47. The molecule has 1 heterocycles. The summed E-state index contributed by atoms with van der Waals surface area (Å²) in [6.07, 6.45) is 0.0578. The van der Waals surface area contributed by atoms with E-state index in [4.69, 9.17) is 15.7 Å². The van der Waals surface area contributed by atoms with Crippen molar-refractivity contribution in [2.24, 2.45) is 7.05 Å². The molecule has 2 N–H and O–H groups in total. The van der Waals surface area contributed by atoms with Crippen LogP contribution >= 0.6 is 0 Å². The van der Waals surface area contributed by atoms with Gasteiger partial charge in [-0.15, -0.1) is 0 Å². The fourth-order valence-corrected chi connectivity index (χ4v) is 1.09. The largest absolute Gasteiger partial charge is 0.475 e. The van der Waals surface area contributed by atoms with Gasteiger partial charge < -0.3 is 15.0 Å². The standard InChI is InChI=1S/C9H13N3O/c1-6(2)13-9-8(11)4-7(5-10)12(9)3/h4,6H,11H2,1-3H3. The number of nitriles is 1. The van der Waals surface area contributed by atoms with E-state index in [9.17, 15) is 0 Å². The Labute approximate surface area is 77.5 Å². The van der Waals surface area contributed by atoms with Gasteiger partial charge in [-0.2, -0.15) is 5.26 Å². The molecule has 4 nitrogen and oxygen atoms in total. The van der Waals surface area contributed by atoms with E-state index in [0.29, 0.717) is 17.3 Å². The Morgan fingerprint density at radius 3 is 2.62 bits per heavy atom. The van der Waals surface area contributed by atoms with Crippen molar-refractivity contribution >= 4 is 5.69 Å². The minimum Gasteiger partial charge on any atom is -0.475 e. The van der Waals surface area contributed by atoms with Crippen LogP contribution in [0.5, 0.6) is 5.88 Å². The minimum absolute atomic E-state index is 0.0578. The minimum atomic E-state index is 0.0578. The van der Waals surface area contributed by atoms with Crippen molar-refractivity contribution in [2.45, 2.75) is 20.0 Å². The molecule has 1 rings (SSSR count). The van der Waals surface area contributed by atoms with Gasteiger partial charge in [-0.3, -0.25) is 0 Å². The van der Waals surface area contributed by atoms with Crippen LogP contribution in [0.4, 0.5) is 5.69 Å². The first-order valence-corrected chi connectivity index (χ1v) is 4.08. The highest BCUT2D eigenvalue weighted by atomic mass is 16.5. The van der Waals surface area contributed by atoms with Gasteiger partial charge >= 0.3 is 0 Å². The second kappa shape index (κ2) is 3.40. The normalized spacial score (nSPS) is 10.1. The number of nitrogens with zero attached hydrogens (tertiary/aromatic N) is 2. The molecule has 0 saturated carbocycles. The smallest absolute Gasteiger partial charge is 0.218 e. The summed E-state index contributed by atoms with van der Waals surface area (Å²) in [7, 11) is 1.76. The Hall–Kier alpha value is -1.63. The third kappa shape index (κ3) is 1.75. The third-order valence-electron chi connectivity index (χ3n) is 1.67. The Balaban J connectivity index is 3.07. The molecule has 70 valence electrons. The van der Waals surface area contributed by atoms with E-state index >= 15 is 0 Å². The number of nitrogens with two attached hydrogens (primary N) is 1. The maximum atomic E-state index is 8.71. The maximum absolute atomic E-state index is 8.71. The average Bonchev–Trinajstić information content (AvgIpc) is 2.31. The van der Waals surface area contributed by atoms with Crippen molar-refractivity contribution in [2.75, 3.05) is 5.73 Å². The van der Waals surface area contributed by atoms with Crippen molar-refractivity contribution in [1.82, 2.24) is 4.57 Å². The van der Waals surface area contributed by atoms with E-state index in [0.717, 1.165) is 0 Å².